The SMILES string of the molecule is CCOC(=O)c1ccc(NC(=O)C(=O)Nc2ccccc2F)cc1. The van der Waals surface area contributed by atoms with Gasteiger partial charge in [0.2, 0.25) is 0 Å². The van der Waals surface area contributed by atoms with Gasteiger partial charge in [-0.3, -0.25) is 9.59 Å². The Balaban J connectivity index is 1.97. The molecule has 0 aromatic heterocycles. The van der Waals surface area contributed by atoms with Gasteiger partial charge in [-0.05, 0) is 43.3 Å². The molecule has 0 atom stereocenters. The molecule has 24 heavy (non-hydrogen) atoms. The highest BCUT2D eigenvalue weighted by Gasteiger charge is 2.16. The number of esters is 1. The summed E-state index contributed by atoms with van der Waals surface area (Å²) in [5.74, 6) is -3.08. The lowest BCUT2D eigenvalue weighted by Gasteiger charge is -2.08. The Morgan fingerprint density at radius 3 is 2.21 bits per heavy atom. The molecule has 7 heteroatoms. The second-order valence-electron chi connectivity index (χ2n) is 4.69. The number of carbonyl (C=O) groups is 3. The molecular formula is C17H15FN2O4. The van der Waals surface area contributed by atoms with Crippen LogP contribution in [-0.2, 0) is 14.3 Å². The molecule has 2 rings (SSSR count). The zero-order valence-corrected chi connectivity index (χ0v) is 12.8. The molecule has 0 saturated carbocycles. The van der Waals surface area contributed by atoms with E-state index in [1.165, 1.54) is 48.5 Å². The summed E-state index contributed by atoms with van der Waals surface area (Å²) in [6.07, 6.45) is 0. The monoisotopic (exact) mass is 330 g/mol. The van der Waals surface area contributed by atoms with Crippen LogP contribution < -0.4 is 10.6 Å². The summed E-state index contributed by atoms with van der Waals surface area (Å²) in [5.41, 5.74) is 0.553. The molecule has 0 aliphatic carbocycles. The number of rotatable bonds is 4. The molecule has 2 amide bonds. The van der Waals surface area contributed by atoms with Crippen LogP contribution in [-0.4, -0.2) is 24.4 Å². The van der Waals surface area contributed by atoms with Gasteiger partial charge in [0, 0.05) is 5.69 Å². The van der Waals surface area contributed by atoms with Gasteiger partial charge >= 0.3 is 17.8 Å². The first-order chi connectivity index (χ1) is 11.5. The normalized spacial score (nSPS) is 9.92. The molecule has 2 aromatic rings. The number of hydrogen-bond acceptors (Lipinski definition) is 4. The van der Waals surface area contributed by atoms with E-state index in [1.54, 1.807) is 6.92 Å². The van der Waals surface area contributed by atoms with Crippen molar-refractivity contribution in [2.24, 2.45) is 0 Å². The summed E-state index contributed by atoms with van der Waals surface area (Å²) >= 11 is 0. The molecule has 0 saturated heterocycles. The van der Waals surface area contributed by atoms with Gasteiger partial charge in [-0.2, -0.15) is 0 Å². The van der Waals surface area contributed by atoms with Crippen LogP contribution in [0.1, 0.15) is 17.3 Å². The second kappa shape index (κ2) is 7.87. The Hall–Kier alpha value is -3.22. The molecule has 0 unspecified atom stereocenters. The van der Waals surface area contributed by atoms with E-state index in [1.807, 2.05) is 0 Å². The highest BCUT2D eigenvalue weighted by Crippen LogP contribution is 2.13. The summed E-state index contributed by atoms with van der Waals surface area (Å²) < 4.78 is 18.3. The maximum atomic E-state index is 13.4. The minimum absolute atomic E-state index is 0.0877. The third kappa shape index (κ3) is 4.39. The fourth-order valence-corrected chi connectivity index (χ4v) is 1.83. The zero-order valence-electron chi connectivity index (χ0n) is 12.8. The number of para-hydroxylation sites is 1. The smallest absolute Gasteiger partial charge is 0.338 e. The lowest BCUT2D eigenvalue weighted by Crippen LogP contribution is -2.29. The molecule has 0 bridgehead atoms. The molecule has 0 fully saturated rings. The van der Waals surface area contributed by atoms with Crippen LogP contribution in [0.3, 0.4) is 0 Å². The quantitative estimate of drug-likeness (QED) is 0.666. The molecule has 0 aliphatic heterocycles. The van der Waals surface area contributed by atoms with E-state index >= 15 is 0 Å². The van der Waals surface area contributed by atoms with Crippen molar-refractivity contribution in [1.82, 2.24) is 0 Å². The first-order valence-corrected chi connectivity index (χ1v) is 7.15. The van der Waals surface area contributed by atoms with Crippen molar-refractivity contribution < 1.29 is 23.5 Å². The largest absolute Gasteiger partial charge is 0.462 e. The fraction of sp³-hybridized carbons (Fsp3) is 0.118. The molecule has 0 heterocycles. The van der Waals surface area contributed by atoms with Gasteiger partial charge in [-0.15, -0.1) is 0 Å². The van der Waals surface area contributed by atoms with E-state index in [9.17, 15) is 18.8 Å². The van der Waals surface area contributed by atoms with Gasteiger partial charge in [0.05, 0.1) is 17.9 Å². The van der Waals surface area contributed by atoms with Gasteiger partial charge < -0.3 is 15.4 Å². The summed E-state index contributed by atoms with van der Waals surface area (Å²) in [5, 5.41) is 4.53. The van der Waals surface area contributed by atoms with Crippen molar-refractivity contribution in [1.29, 1.82) is 0 Å². The summed E-state index contributed by atoms with van der Waals surface area (Å²) in [7, 11) is 0. The summed E-state index contributed by atoms with van der Waals surface area (Å²) in [6.45, 7) is 1.95. The van der Waals surface area contributed by atoms with Crippen LogP contribution in [0.15, 0.2) is 48.5 Å². The first-order valence-electron chi connectivity index (χ1n) is 7.15. The van der Waals surface area contributed by atoms with E-state index in [-0.39, 0.29) is 12.3 Å². The van der Waals surface area contributed by atoms with Gasteiger partial charge in [-0.1, -0.05) is 12.1 Å². The number of benzene rings is 2. The third-order valence-electron chi connectivity index (χ3n) is 2.98. The third-order valence-corrected chi connectivity index (χ3v) is 2.98. The number of amides is 2. The predicted molar refractivity (Wildman–Crippen MR) is 86.1 cm³/mol. The van der Waals surface area contributed by atoms with Gasteiger partial charge in [0.25, 0.3) is 0 Å². The highest BCUT2D eigenvalue weighted by molar-refractivity contribution is 6.43. The molecule has 6 nitrogen and oxygen atoms in total. The van der Waals surface area contributed by atoms with Crippen LogP contribution in [0.5, 0.6) is 0 Å². The molecular weight excluding hydrogens is 315 g/mol. The maximum absolute atomic E-state index is 13.4. The van der Waals surface area contributed by atoms with E-state index in [2.05, 4.69) is 10.6 Å². The average molecular weight is 330 g/mol. The van der Waals surface area contributed by atoms with Crippen LogP contribution in [0.4, 0.5) is 15.8 Å². The van der Waals surface area contributed by atoms with Crippen LogP contribution in [0.2, 0.25) is 0 Å². The molecule has 124 valence electrons. The van der Waals surface area contributed by atoms with E-state index in [0.717, 1.165) is 0 Å². The Bertz CT molecular complexity index is 759. The van der Waals surface area contributed by atoms with Crippen molar-refractivity contribution in [3.05, 3.63) is 59.9 Å². The van der Waals surface area contributed by atoms with E-state index in [0.29, 0.717) is 11.3 Å². The van der Waals surface area contributed by atoms with Crippen molar-refractivity contribution in [2.45, 2.75) is 6.92 Å². The molecule has 2 aromatic carbocycles. The average Bonchev–Trinajstić information content (AvgIpc) is 2.57. The van der Waals surface area contributed by atoms with Crippen molar-refractivity contribution in [2.75, 3.05) is 17.2 Å². The van der Waals surface area contributed by atoms with E-state index < -0.39 is 23.6 Å². The molecule has 2 N–H and O–H groups in total. The van der Waals surface area contributed by atoms with Crippen LogP contribution in [0.25, 0.3) is 0 Å². The number of carbonyl (C=O) groups excluding carboxylic acids is 3. The number of nitrogens with one attached hydrogen (secondary N) is 2. The Kier molecular flexibility index (Phi) is 5.62. The minimum atomic E-state index is -1.01. The highest BCUT2D eigenvalue weighted by atomic mass is 19.1. The molecule has 0 spiro atoms. The van der Waals surface area contributed by atoms with Gasteiger partial charge in [0.1, 0.15) is 5.82 Å². The lowest BCUT2D eigenvalue weighted by atomic mass is 10.2. The van der Waals surface area contributed by atoms with Crippen LogP contribution in [0, 0.1) is 5.82 Å². The minimum Gasteiger partial charge on any atom is -0.462 e. The summed E-state index contributed by atoms with van der Waals surface area (Å²) in [6, 6.07) is 11.4. The number of halogens is 1. The maximum Gasteiger partial charge on any atom is 0.338 e. The Morgan fingerprint density at radius 1 is 0.958 bits per heavy atom. The van der Waals surface area contributed by atoms with Crippen molar-refractivity contribution in [3.8, 4) is 0 Å². The number of anilines is 2. The first kappa shape index (κ1) is 17.1. The molecule has 0 aliphatic rings. The number of hydrogen-bond donors (Lipinski definition) is 2. The second-order valence-corrected chi connectivity index (χ2v) is 4.69. The Labute approximate surface area is 137 Å². The molecule has 0 radical (unpaired) electrons. The standard InChI is InChI=1S/C17H15FN2O4/c1-2-24-17(23)11-7-9-12(10-8-11)19-15(21)16(22)20-14-6-4-3-5-13(14)18/h3-10H,2H2,1H3,(H,19,21)(H,20,22). The van der Waals surface area contributed by atoms with Gasteiger partial charge in [-0.25, -0.2) is 9.18 Å². The zero-order chi connectivity index (χ0) is 17.5. The lowest BCUT2D eigenvalue weighted by molar-refractivity contribution is -0.133. The summed E-state index contributed by atoms with van der Waals surface area (Å²) in [4.78, 5) is 35.1. The van der Waals surface area contributed by atoms with Gasteiger partial charge in [0.15, 0.2) is 0 Å². The Morgan fingerprint density at radius 2 is 1.58 bits per heavy atom. The topological polar surface area (TPSA) is 84.5 Å². The van der Waals surface area contributed by atoms with Crippen molar-refractivity contribution >= 4 is 29.2 Å². The fourth-order valence-electron chi connectivity index (χ4n) is 1.83. The van der Waals surface area contributed by atoms with E-state index in [4.69, 9.17) is 4.74 Å². The number of ether oxygens (including phenoxy) is 1. The van der Waals surface area contributed by atoms with Crippen LogP contribution >= 0.6 is 0 Å². The van der Waals surface area contributed by atoms with Crippen molar-refractivity contribution in [3.63, 3.8) is 0 Å². The predicted octanol–water partition coefficient (Wildman–Crippen LogP) is 2.58.